The Kier molecular flexibility index (Phi) is 5.15. The average Bonchev–Trinajstić information content (AvgIpc) is 3.15. The van der Waals surface area contributed by atoms with Crippen molar-refractivity contribution in [2.75, 3.05) is 5.32 Å². The quantitative estimate of drug-likeness (QED) is 0.650. The summed E-state index contributed by atoms with van der Waals surface area (Å²) < 4.78 is 0. The predicted octanol–water partition coefficient (Wildman–Crippen LogP) is 4.47. The van der Waals surface area contributed by atoms with Crippen LogP contribution in [-0.2, 0) is 12.8 Å². The summed E-state index contributed by atoms with van der Waals surface area (Å²) in [5, 5.41) is 4.95. The van der Waals surface area contributed by atoms with Crippen molar-refractivity contribution in [1.82, 2.24) is 9.97 Å². The molecule has 0 unspecified atom stereocenters. The number of hydrogen-bond acceptors (Lipinski definition) is 5. The molecule has 0 saturated heterocycles. The number of H-pyrrole nitrogens is 1. The summed E-state index contributed by atoms with van der Waals surface area (Å²) in [5.41, 5.74) is 3.21. The van der Waals surface area contributed by atoms with Crippen LogP contribution in [0.5, 0.6) is 0 Å². The van der Waals surface area contributed by atoms with Gasteiger partial charge >= 0.3 is 0 Å². The summed E-state index contributed by atoms with van der Waals surface area (Å²) in [6.45, 7) is 6.08. The second-order valence-electron chi connectivity index (χ2n) is 8.39. The molecule has 7 heteroatoms. The second-order valence-corrected chi connectivity index (χ2v) is 9.25. The number of Topliss-reactive ketones (excluding diaryl/α,β-unsaturated/α-hetero) is 1. The van der Waals surface area contributed by atoms with Gasteiger partial charge in [-0.15, -0.1) is 11.3 Å². The van der Waals surface area contributed by atoms with Crippen LogP contribution in [0.2, 0.25) is 0 Å². The molecular weight excluding hydrogens is 398 g/mol. The first-order valence-corrected chi connectivity index (χ1v) is 10.8. The number of fused-ring (bicyclic) bond motifs is 1. The summed E-state index contributed by atoms with van der Waals surface area (Å²) in [5.74, 6) is -0.627. The molecule has 0 saturated carbocycles. The molecule has 2 aromatic heterocycles. The van der Waals surface area contributed by atoms with Crippen LogP contribution in [0.3, 0.4) is 0 Å². The predicted molar refractivity (Wildman–Crippen MR) is 118 cm³/mol. The van der Waals surface area contributed by atoms with Crippen LogP contribution in [0.15, 0.2) is 40.5 Å². The molecule has 1 aliphatic carbocycles. The minimum absolute atomic E-state index is 0.0568. The molecule has 3 aromatic rings. The maximum atomic E-state index is 12.7. The number of carbonyl (C=O) groups is 2. The number of carbonyl (C=O) groups excluding carboxylic acids is 2. The van der Waals surface area contributed by atoms with Crippen LogP contribution in [0.25, 0.3) is 11.3 Å². The molecule has 30 heavy (non-hydrogen) atoms. The van der Waals surface area contributed by atoms with E-state index in [2.05, 4.69) is 34.3 Å². The number of amides is 1. The van der Waals surface area contributed by atoms with Gasteiger partial charge in [-0.05, 0) is 29.9 Å². The van der Waals surface area contributed by atoms with Crippen molar-refractivity contribution in [3.05, 3.63) is 68.4 Å². The number of pyridine rings is 1. The Hall–Kier alpha value is -3.06. The molecular formula is C23H23N3O3S. The fourth-order valence-electron chi connectivity index (χ4n) is 3.74. The van der Waals surface area contributed by atoms with Crippen LogP contribution >= 0.6 is 11.3 Å². The smallest absolute Gasteiger partial charge is 0.263 e. The highest BCUT2D eigenvalue weighted by Gasteiger charge is 2.32. The first kappa shape index (κ1) is 20.2. The lowest BCUT2D eigenvalue weighted by Gasteiger charge is -2.29. The average molecular weight is 422 g/mol. The van der Waals surface area contributed by atoms with Crippen molar-refractivity contribution in [2.45, 2.75) is 40.0 Å². The number of rotatable bonds is 4. The number of aromatic amines is 1. The van der Waals surface area contributed by atoms with Gasteiger partial charge in [-0.25, -0.2) is 4.98 Å². The lowest BCUT2D eigenvalue weighted by Crippen LogP contribution is -2.32. The fraction of sp³-hybridized carbons (Fsp3) is 0.304. The lowest BCUT2D eigenvalue weighted by molar-refractivity contribution is 0.0910. The number of ketones is 1. The van der Waals surface area contributed by atoms with Crippen molar-refractivity contribution in [3.8, 4) is 11.3 Å². The molecule has 2 N–H and O–H groups in total. The molecule has 1 aliphatic rings. The number of thiazole rings is 1. The molecule has 154 valence electrons. The Labute approximate surface area is 178 Å². The number of anilines is 1. The fourth-order valence-corrected chi connectivity index (χ4v) is 4.45. The first-order chi connectivity index (χ1) is 14.3. The van der Waals surface area contributed by atoms with E-state index in [4.69, 9.17) is 0 Å². The zero-order valence-electron chi connectivity index (χ0n) is 17.2. The van der Waals surface area contributed by atoms with Gasteiger partial charge in [0.15, 0.2) is 10.9 Å². The Balaban J connectivity index is 1.56. The van der Waals surface area contributed by atoms with Crippen LogP contribution < -0.4 is 10.9 Å². The number of aromatic nitrogens is 2. The van der Waals surface area contributed by atoms with Crippen LogP contribution in [0.1, 0.15) is 59.2 Å². The summed E-state index contributed by atoms with van der Waals surface area (Å²) >= 11 is 1.29. The standard InChI is InChI=1S/C23H23N3O3S/c1-4-13-5-7-14(8-6-13)18-12-30-22(25-18)26-21(29)16-9-15-17(24-20(16)28)10-23(2,3)11-19(15)27/h5-9,12H,4,10-11H2,1-3H3,(H,24,28)(H,25,26,29). The van der Waals surface area contributed by atoms with Gasteiger partial charge in [0.2, 0.25) is 0 Å². The highest BCUT2D eigenvalue weighted by Crippen LogP contribution is 2.33. The van der Waals surface area contributed by atoms with E-state index in [-0.39, 0.29) is 16.8 Å². The van der Waals surface area contributed by atoms with E-state index >= 15 is 0 Å². The van der Waals surface area contributed by atoms with Gasteiger partial charge in [-0.1, -0.05) is 45.0 Å². The molecule has 6 nitrogen and oxygen atoms in total. The van der Waals surface area contributed by atoms with E-state index in [1.54, 1.807) is 0 Å². The molecule has 0 radical (unpaired) electrons. The highest BCUT2D eigenvalue weighted by molar-refractivity contribution is 7.14. The second kappa shape index (κ2) is 7.65. The number of aryl methyl sites for hydroxylation is 1. The molecule has 0 spiro atoms. The third-order valence-corrected chi connectivity index (χ3v) is 6.10. The van der Waals surface area contributed by atoms with Crippen molar-refractivity contribution < 1.29 is 9.59 Å². The van der Waals surface area contributed by atoms with Crippen molar-refractivity contribution in [1.29, 1.82) is 0 Å². The van der Waals surface area contributed by atoms with Crippen LogP contribution in [-0.4, -0.2) is 21.7 Å². The minimum atomic E-state index is -0.570. The van der Waals surface area contributed by atoms with Gasteiger partial charge < -0.3 is 4.98 Å². The van der Waals surface area contributed by atoms with Gasteiger partial charge in [0, 0.05) is 28.6 Å². The Morgan fingerprint density at radius 3 is 2.63 bits per heavy atom. The molecule has 0 atom stereocenters. The molecule has 1 amide bonds. The van der Waals surface area contributed by atoms with Gasteiger partial charge in [-0.3, -0.25) is 19.7 Å². The summed E-state index contributed by atoms with van der Waals surface area (Å²) in [4.78, 5) is 44.9. The van der Waals surface area contributed by atoms with Gasteiger partial charge in [0.05, 0.1) is 5.69 Å². The molecule has 1 aromatic carbocycles. The Morgan fingerprint density at radius 1 is 1.20 bits per heavy atom. The maximum absolute atomic E-state index is 12.7. The van der Waals surface area contributed by atoms with Crippen molar-refractivity contribution in [3.63, 3.8) is 0 Å². The normalized spacial score (nSPS) is 15.0. The van der Waals surface area contributed by atoms with E-state index in [0.717, 1.165) is 17.7 Å². The van der Waals surface area contributed by atoms with E-state index in [1.165, 1.54) is 23.0 Å². The Bertz CT molecular complexity index is 1190. The number of nitrogens with one attached hydrogen (secondary N) is 2. The molecule has 0 fully saturated rings. The third kappa shape index (κ3) is 3.98. The summed E-state index contributed by atoms with van der Waals surface area (Å²) in [6, 6.07) is 9.52. The lowest BCUT2D eigenvalue weighted by atomic mass is 9.75. The van der Waals surface area contributed by atoms with E-state index < -0.39 is 11.5 Å². The monoisotopic (exact) mass is 421 g/mol. The van der Waals surface area contributed by atoms with Crippen LogP contribution in [0, 0.1) is 5.41 Å². The zero-order chi connectivity index (χ0) is 21.5. The highest BCUT2D eigenvalue weighted by atomic mass is 32.1. The molecule has 0 aliphatic heterocycles. The number of nitrogens with zero attached hydrogens (tertiary/aromatic N) is 1. The minimum Gasteiger partial charge on any atom is -0.325 e. The van der Waals surface area contributed by atoms with Gasteiger partial charge in [-0.2, -0.15) is 0 Å². The largest absolute Gasteiger partial charge is 0.325 e. The first-order valence-electron chi connectivity index (χ1n) is 9.91. The van der Waals surface area contributed by atoms with E-state index in [9.17, 15) is 14.4 Å². The van der Waals surface area contributed by atoms with Gasteiger partial charge in [0.25, 0.3) is 11.5 Å². The Morgan fingerprint density at radius 2 is 1.93 bits per heavy atom. The van der Waals surface area contributed by atoms with E-state index in [0.29, 0.717) is 29.2 Å². The number of hydrogen-bond donors (Lipinski definition) is 2. The number of benzene rings is 1. The molecule has 4 rings (SSSR count). The van der Waals surface area contributed by atoms with E-state index in [1.807, 2.05) is 31.4 Å². The van der Waals surface area contributed by atoms with Crippen LogP contribution in [0.4, 0.5) is 5.13 Å². The SMILES string of the molecule is CCc1ccc(-c2csc(NC(=O)c3cc4c([nH]c3=O)CC(C)(C)CC4=O)n2)cc1. The maximum Gasteiger partial charge on any atom is 0.263 e. The van der Waals surface area contributed by atoms with Gasteiger partial charge in [0.1, 0.15) is 5.56 Å². The summed E-state index contributed by atoms with van der Waals surface area (Å²) in [7, 11) is 0. The third-order valence-electron chi connectivity index (χ3n) is 5.34. The van der Waals surface area contributed by atoms with Crippen molar-refractivity contribution >= 4 is 28.2 Å². The zero-order valence-corrected chi connectivity index (χ0v) is 18.0. The topological polar surface area (TPSA) is 91.9 Å². The molecule has 0 bridgehead atoms. The molecule has 2 heterocycles. The van der Waals surface area contributed by atoms with Crippen molar-refractivity contribution in [2.24, 2.45) is 5.41 Å². The summed E-state index contributed by atoms with van der Waals surface area (Å²) in [6.07, 6.45) is 1.95.